The second kappa shape index (κ2) is 5.35. The lowest BCUT2D eigenvalue weighted by Gasteiger charge is -2.31. The van der Waals surface area contributed by atoms with Gasteiger partial charge in [0.2, 0.25) is 5.91 Å². The van der Waals surface area contributed by atoms with Crippen LogP contribution in [-0.4, -0.2) is 24.0 Å². The van der Waals surface area contributed by atoms with E-state index in [2.05, 4.69) is 9.88 Å². The van der Waals surface area contributed by atoms with Gasteiger partial charge in [-0.2, -0.15) is 0 Å². The van der Waals surface area contributed by atoms with Crippen molar-refractivity contribution in [2.45, 2.75) is 25.8 Å². The molecule has 4 N–H and O–H groups in total. The molecule has 1 saturated heterocycles. The topological polar surface area (TPSA) is 85.2 Å². The molecular formula is C13H20N4O. The molecule has 18 heavy (non-hydrogen) atoms. The van der Waals surface area contributed by atoms with Crippen LogP contribution in [0.5, 0.6) is 0 Å². The van der Waals surface area contributed by atoms with Gasteiger partial charge in [0.15, 0.2) is 0 Å². The Morgan fingerprint density at radius 2 is 2.17 bits per heavy atom. The first-order valence-electron chi connectivity index (χ1n) is 6.33. The molecule has 1 aromatic rings. The minimum Gasteiger partial charge on any atom is -0.369 e. The van der Waals surface area contributed by atoms with E-state index in [1.807, 2.05) is 19.1 Å². The fourth-order valence-electron chi connectivity index (χ4n) is 2.28. The highest BCUT2D eigenvalue weighted by Crippen LogP contribution is 2.23. The molecule has 0 spiro atoms. The summed E-state index contributed by atoms with van der Waals surface area (Å²) in [5.41, 5.74) is 12.3. The van der Waals surface area contributed by atoms with Crippen molar-refractivity contribution in [2.75, 3.05) is 18.0 Å². The summed E-state index contributed by atoms with van der Waals surface area (Å²) < 4.78 is 0. The van der Waals surface area contributed by atoms with Crippen molar-refractivity contribution in [3.8, 4) is 0 Å². The van der Waals surface area contributed by atoms with E-state index in [1.54, 1.807) is 6.20 Å². The number of aromatic nitrogens is 1. The number of pyridine rings is 1. The minimum absolute atomic E-state index is 0.00917. The molecule has 1 aliphatic rings. The quantitative estimate of drug-likeness (QED) is 0.828. The maximum atomic E-state index is 11.1. The second-order valence-electron chi connectivity index (χ2n) is 4.90. The summed E-state index contributed by atoms with van der Waals surface area (Å²) in [6.45, 7) is 3.60. The summed E-state index contributed by atoms with van der Waals surface area (Å²) in [6, 6.07) is 3.97. The molecule has 2 rings (SSSR count). The highest BCUT2D eigenvalue weighted by Gasteiger charge is 2.23. The predicted molar refractivity (Wildman–Crippen MR) is 71.0 cm³/mol. The predicted octanol–water partition coefficient (Wildman–Crippen LogP) is 0.803. The highest BCUT2D eigenvalue weighted by atomic mass is 16.1. The van der Waals surface area contributed by atoms with E-state index in [4.69, 9.17) is 11.5 Å². The molecule has 0 bridgehead atoms. The molecule has 1 amide bonds. The van der Waals surface area contributed by atoms with Gasteiger partial charge in [0.05, 0.1) is 0 Å². The fraction of sp³-hybridized carbons (Fsp3) is 0.538. The van der Waals surface area contributed by atoms with E-state index in [9.17, 15) is 4.79 Å². The zero-order valence-corrected chi connectivity index (χ0v) is 10.7. The third-order valence-electron chi connectivity index (χ3n) is 3.52. The van der Waals surface area contributed by atoms with Crippen molar-refractivity contribution >= 4 is 11.7 Å². The lowest BCUT2D eigenvalue weighted by Crippen LogP contribution is -2.39. The number of piperidine rings is 1. The largest absolute Gasteiger partial charge is 0.369 e. The normalized spacial score (nSPS) is 18.7. The third-order valence-corrected chi connectivity index (χ3v) is 3.52. The fourth-order valence-corrected chi connectivity index (χ4v) is 2.28. The van der Waals surface area contributed by atoms with Crippen LogP contribution in [0.4, 0.5) is 5.82 Å². The van der Waals surface area contributed by atoms with Gasteiger partial charge in [0, 0.05) is 31.2 Å². The van der Waals surface area contributed by atoms with E-state index < -0.39 is 0 Å². The van der Waals surface area contributed by atoms with Gasteiger partial charge in [-0.05, 0) is 37.5 Å². The minimum atomic E-state index is -0.188. The molecule has 2 heterocycles. The number of amides is 1. The van der Waals surface area contributed by atoms with Crippen molar-refractivity contribution in [3.05, 3.63) is 23.9 Å². The molecule has 5 nitrogen and oxygen atoms in total. The number of rotatable bonds is 3. The number of primary amides is 1. The zero-order valence-electron chi connectivity index (χ0n) is 10.7. The van der Waals surface area contributed by atoms with Gasteiger partial charge in [0.1, 0.15) is 5.82 Å². The summed E-state index contributed by atoms with van der Waals surface area (Å²) >= 11 is 0. The Morgan fingerprint density at radius 1 is 1.50 bits per heavy atom. The van der Waals surface area contributed by atoms with E-state index in [1.165, 1.54) is 0 Å². The lowest BCUT2D eigenvalue weighted by molar-refractivity contribution is -0.122. The Bertz CT molecular complexity index is 425. The number of hydrogen-bond donors (Lipinski definition) is 2. The van der Waals surface area contributed by atoms with E-state index in [0.717, 1.165) is 37.3 Å². The number of anilines is 1. The molecule has 0 saturated carbocycles. The number of hydrogen-bond acceptors (Lipinski definition) is 4. The summed E-state index contributed by atoms with van der Waals surface area (Å²) in [5.74, 6) is 0.762. The monoisotopic (exact) mass is 248 g/mol. The first-order valence-corrected chi connectivity index (χ1v) is 6.33. The molecular weight excluding hydrogens is 228 g/mol. The second-order valence-corrected chi connectivity index (χ2v) is 4.90. The van der Waals surface area contributed by atoms with E-state index in [0.29, 0.717) is 0 Å². The Kier molecular flexibility index (Phi) is 3.81. The van der Waals surface area contributed by atoms with Crippen molar-refractivity contribution in [1.82, 2.24) is 4.98 Å². The van der Waals surface area contributed by atoms with Gasteiger partial charge in [-0.25, -0.2) is 4.98 Å². The van der Waals surface area contributed by atoms with E-state index >= 15 is 0 Å². The van der Waals surface area contributed by atoms with Gasteiger partial charge < -0.3 is 16.4 Å². The Labute approximate surface area is 107 Å². The maximum Gasteiger partial charge on any atom is 0.220 e. The molecule has 1 fully saturated rings. The smallest absolute Gasteiger partial charge is 0.220 e. The third kappa shape index (κ3) is 2.79. The molecule has 0 radical (unpaired) electrons. The van der Waals surface area contributed by atoms with Crippen LogP contribution in [0.2, 0.25) is 0 Å². The van der Waals surface area contributed by atoms with Crippen LogP contribution in [-0.2, 0) is 4.79 Å². The van der Waals surface area contributed by atoms with E-state index in [-0.39, 0.29) is 17.9 Å². The average molecular weight is 248 g/mol. The van der Waals surface area contributed by atoms with Crippen LogP contribution in [0.3, 0.4) is 0 Å². The first-order chi connectivity index (χ1) is 8.58. The van der Waals surface area contributed by atoms with Gasteiger partial charge in [-0.15, -0.1) is 0 Å². The van der Waals surface area contributed by atoms with Gasteiger partial charge in [-0.3, -0.25) is 4.79 Å². The molecule has 1 aliphatic heterocycles. The van der Waals surface area contributed by atoms with Gasteiger partial charge in [-0.1, -0.05) is 0 Å². The number of nitrogens with zero attached hydrogens (tertiary/aromatic N) is 2. The molecule has 0 unspecified atom stereocenters. The van der Waals surface area contributed by atoms with Crippen LogP contribution in [0.15, 0.2) is 18.3 Å². The molecule has 98 valence electrons. The van der Waals surface area contributed by atoms with Gasteiger partial charge in [0.25, 0.3) is 0 Å². The summed E-state index contributed by atoms with van der Waals surface area (Å²) in [7, 11) is 0. The van der Waals surface area contributed by atoms with Crippen molar-refractivity contribution < 1.29 is 4.79 Å². The molecule has 0 aliphatic carbocycles. The zero-order chi connectivity index (χ0) is 13.1. The van der Waals surface area contributed by atoms with Gasteiger partial charge >= 0.3 is 0 Å². The number of carbonyl (C=O) groups excluding carboxylic acids is 1. The first kappa shape index (κ1) is 12.8. The SMILES string of the molecule is C[C@H](N)c1ccnc(N2CCC(C(N)=O)CC2)c1. The molecule has 5 heteroatoms. The van der Waals surface area contributed by atoms with Crippen LogP contribution in [0.1, 0.15) is 31.4 Å². The Balaban J connectivity index is 2.05. The van der Waals surface area contributed by atoms with Crippen molar-refractivity contribution in [1.29, 1.82) is 0 Å². The lowest BCUT2D eigenvalue weighted by atomic mass is 9.96. The Morgan fingerprint density at radius 3 is 2.72 bits per heavy atom. The highest BCUT2D eigenvalue weighted by molar-refractivity contribution is 5.76. The summed E-state index contributed by atoms with van der Waals surface area (Å²) in [4.78, 5) is 17.7. The molecule has 0 aromatic carbocycles. The van der Waals surface area contributed by atoms with Crippen LogP contribution < -0.4 is 16.4 Å². The van der Waals surface area contributed by atoms with Crippen molar-refractivity contribution in [3.63, 3.8) is 0 Å². The number of carbonyl (C=O) groups is 1. The van der Waals surface area contributed by atoms with Crippen LogP contribution >= 0.6 is 0 Å². The summed E-state index contributed by atoms with van der Waals surface area (Å²) in [6.07, 6.45) is 3.40. The summed E-state index contributed by atoms with van der Waals surface area (Å²) in [5, 5.41) is 0. The Hall–Kier alpha value is -1.62. The molecule has 1 aromatic heterocycles. The van der Waals surface area contributed by atoms with Crippen LogP contribution in [0.25, 0.3) is 0 Å². The number of nitrogens with two attached hydrogens (primary N) is 2. The van der Waals surface area contributed by atoms with Crippen LogP contribution in [0, 0.1) is 5.92 Å². The standard InChI is InChI=1S/C13H20N4O/c1-9(14)11-2-5-16-12(8-11)17-6-3-10(4-7-17)13(15)18/h2,5,8-10H,3-4,6-7,14H2,1H3,(H2,15,18)/t9-/m0/s1. The molecule has 1 atom stereocenters. The average Bonchev–Trinajstić information content (AvgIpc) is 2.39. The van der Waals surface area contributed by atoms with Crippen molar-refractivity contribution in [2.24, 2.45) is 17.4 Å². The maximum absolute atomic E-state index is 11.1.